The third kappa shape index (κ3) is 5.23. The third-order valence-corrected chi connectivity index (χ3v) is 3.85. The van der Waals surface area contributed by atoms with Crippen molar-refractivity contribution in [3.8, 4) is 0 Å². The number of carbonyl (C=O) groups excluding carboxylic acids is 1. The zero-order valence-electron chi connectivity index (χ0n) is 13.3. The molecular weight excluding hydrogens is 330 g/mol. The molecule has 128 valence electrons. The van der Waals surface area contributed by atoms with Gasteiger partial charge in [-0.05, 0) is 18.6 Å². The number of nitrogens with one attached hydrogen (secondary N) is 1. The zero-order chi connectivity index (χ0) is 17.5. The highest BCUT2D eigenvalue weighted by molar-refractivity contribution is 6.31. The van der Waals surface area contributed by atoms with E-state index in [-0.39, 0.29) is 13.2 Å². The first kappa shape index (κ1) is 18.3. The molecule has 0 aliphatic rings. The molecule has 0 bridgehead atoms. The number of aliphatic hydroxyl groups is 2. The van der Waals surface area contributed by atoms with Gasteiger partial charge in [0, 0.05) is 17.1 Å². The number of carbonyl (C=O) groups is 1. The standard InChI is InChI=1S/C18H20ClNO4/c1-12-7-8-15(19)14(9-12)17(22)16(21)10-20-18(23)24-11-13-5-3-2-4-6-13/h2-9,16-17,21-22H,10-11H2,1H3,(H,20,23). The quantitative estimate of drug-likeness (QED) is 0.749. The van der Waals surface area contributed by atoms with E-state index in [2.05, 4.69) is 5.32 Å². The maximum Gasteiger partial charge on any atom is 0.407 e. The van der Waals surface area contributed by atoms with Crippen LogP contribution in [0.2, 0.25) is 5.02 Å². The van der Waals surface area contributed by atoms with Crippen LogP contribution in [0.4, 0.5) is 4.79 Å². The van der Waals surface area contributed by atoms with Crippen molar-refractivity contribution in [2.24, 2.45) is 0 Å². The summed E-state index contributed by atoms with van der Waals surface area (Å²) in [5.74, 6) is 0. The van der Waals surface area contributed by atoms with E-state index in [0.29, 0.717) is 10.6 Å². The van der Waals surface area contributed by atoms with Crippen LogP contribution in [0.1, 0.15) is 22.8 Å². The van der Waals surface area contributed by atoms with E-state index in [1.54, 1.807) is 12.1 Å². The third-order valence-electron chi connectivity index (χ3n) is 3.50. The Morgan fingerprint density at radius 3 is 2.62 bits per heavy atom. The highest BCUT2D eigenvalue weighted by Gasteiger charge is 2.21. The van der Waals surface area contributed by atoms with E-state index in [9.17, 15) is 15.0 Å². The summed E-state index contributed by atoms with van der Waals surface area (Å²) in [7, 11) is 0. The number of halogens is 1. The number of aliphatic hydroxyl groups excluding tert-OH is 2. The van der Waals surface area contributed by atoms with Gasteiger partial charge in [0.2, 0.25) is 0 Å². The Morgan fingerprint density at radius 1 is 1.21 bits per heavy atom. The average molecular weight is 350 g/mol. The van der Waals surface area contributed by atoms with E-state index in [0.717, 1.165) is 11.1 Å². The van der Waals surface area contributed by atoms with Crippen LogP contribution in [0.25, 0.3) is 0 Å². The molecule has 2 unspecified atom stereocenters. The lowest BCUT2D eigenvalue weighted by atomic mass is 10.0. The lowest BCUT2D eigenvalue weighted by Crippen LogP contribution is -2.35. The minimum Gasteiger partial charge on any atom is -0.445 e. The van der Waals surface area contributed by atoms with Crippen molar-refractivity contribution in [1.29, 1.82) is 0 Å². The van der Waals surface area contributed by atoms with Crippen molar-refractivity contribution >= 4 is 17.7 Å². The summed E-state index contributed by atoms with van der Waals surface area (Å²) in [5.41, 5.74) is 2.19. The van der Waals surface area contributed by atoms with Crippen LogP contribution >= 0.6 is 11.6 Å². The minimum absolute atomic E-state index is 0.134. The molecule has 2 aromatic rings. The summed E-state index contributed by atoms with van der Waals surface area (Å²) in [4.78, 5) is 11.6. The SMILES string of the molecule is Cc1ccc(Cl)c(C(O)C(O)CNC(=O)OCc2ccccc2)c1. The number of amides is 1. The Bertz CT molecular complexity index is 678. The molecule has 0 saturated heterocycles. The molecule has 6 heteroatoms. The molecule has 2 aromatic carbocycles. The van der Waals surface area contributed by atoms with Crippen LogP contribution in [-0.2, 0) is 11.3 Å². The molecule has 24 heavy (non-hydrogen) atoms. The monoisotopic (exact) mass is 349 g/mol. The summed E-state index contributed by atoms with van der Waals surface area (Å²) in [6.07, 6.45) is -3.07. The van der Waals surface area contributed by atoms with E-state index >= 15 is 0 Å². The van der Waals surface area contributed by atoms with Crippen LogP contribution in [-0.4, -0.2) is 29.0 Å². The molecule has 2 atom stereocenters. The van der Waals surface area contributed by atoms with Gasteiger partial charge in [-0.1, -0.05) is 59.6 Å². The minimum atomic E-state index is -1.20. The van der Waals surface area contributed by atoms with Crippen LogP contribution in [0.15, 0.2) is 48.5 Å². The van der Waals surface area contributed by atoms with Crippen LogP contribution < -0.4 is 5.32 Å². The molecule has 0 fully saturated rings. The van der Waals surface area contributed by atoms with Gasteiger partial charge in [-0.25, -0.2) is 4.79 Å². The van der Waals surface area contributed by atoms with Gasteiger partial charge < -0.3 is 20.3 Å². The smallest absolute Gasteiger partial charge is 0.407 e. The second-order valence-electron chi connectivity index (χ2n) is 5.48. The van der Waals surface area contributed by atoms with Gasteiger partial charge >= 0.3 is 6.09 Å². The Morgan fingerprint density at radius 2 is 1.92 bits per heavy atom. The first-order chi connectivity index (χ1) is 11.5. The number of alkyl carbamates (subject to hydrolysis) is 1. The summed E-state index contributed by atoms with van der Waals surface area (Å²) in [6, 6.07) is 14.4. The van der Waals surface area contributed by atoms with Crippen LogP contribution in [0.5, 0.6) is 0 Å². The fourth-order valence-corrected chi connectivity index (χ4v) is 2.40. The maximum atomic E-state index is 11.6. The van der Waals surface area contributed by atoms with Crippen molar-refractivity contribution in [3.05, 3.63) is 70.2 Å². The lowest BCUT2D eigenvalue weighted by molar-refractivity contribution is 0.0184. The number of benzene rings is 2. The molecule has 1 amide bonds. The first-order valence-electron chi connectivity index (χ1n) is 7.54. The second-order valence-corrected chi connectivity index (χ2v) is 5.89. The number of aryl methyl sites for hydroxylation is 1. The topological polar surface area (TPSA) is 78.8 Å². The van der Waals surface area contributed by atoms with Crippen molar-refractivity contribution < 1.29 is 19.7 Å². The maximum absolute atomic E-state index is 11.6. The number of ether oxygens (including phenoxy) is 1. The van der Waals surface area contributed by atoms with Gasteiger partial charge in [0.1, 0.15) is 18.8 Å². The predicted molar refractivity (Wildman–Crippen MR) is 91.8 cm³/mol. The fraction of sp³-hybridized carbons (Fsp3) is 0.278. The zero-order valence-corrected chi connectivity index (χ0v) is 14.0. The van der Waals surface area contributed by atoms with Gasteiger partial charge in [-0.15, -0.1) is 0 Å². The highest BCUT2D eigenvalue weighted by atomic mass is 35.5. The van der Waals surface area contributed by atoms with E-state index < -0.39 is 18.3 Å². The van der Waals surface area contributed by atoms with Crippen LogP contribution in [0.3, 0.4) is 0 Å². The van der Waals surface area contributed by atoms with Gasteiger partial charge in [-0.2, -0.15) is 0 Å². The molecule has 0 heterocycles. The largest absolute Gasteiger partial charge is 0.445 e. The number of hydrogen-bond acceptors (Lipinski definition) is 4. The Hall–Kier alpha value is -2.08. The highest BCUT2D eigenvalue weighted by Crippen LogP contribution is 2.26. The number of hydrogen-bond donors (Lipinski definition) is 3. The molecule has 3 N–H and O–H groups in total. The summed E-state index contributed by atoms with van der Waals surface area (Å²) >= 11 is 6.03. The van der Waals surface area contributed by atoms with E-state index in [4.69, 9.17) is 16.3 Å². The van der Waals surface area contributed by atoms with Crippen LogP contribution in [0, 0.1) is 6.92 Å². The molecule has 0 aliphatic carbocycles. The Balaban J connectivity index is 1.82. The average Bonchev–Trinajstić information content (AvgIpc) is 2.60. The molecule has 2 rings (SSSR count). The lowest BCUT2D eigenvalue weighted by Gasteiger charge is -2.20. The van der Waals surface area contributed by atoms with E-state index in [1.165, 1.54) is 0 Å². The first-order valence-corrected chi connectivity index (χ1v) is 7.92. The van der Waals surface area contributed by atoms with E-state index in [1.807, 2.05) is 43.3 Å². The molecule has 0 spiro atoms. The summed E-state index contributed by atoms with van der Waals surface area (Å²) in [6.45, 7) is 1.84. The summed E-state index contributed by atoms with van der Waals surface area (Å²) in [5, 5.41) is 23.0. The molecule has 0 saturated carbocycles. The normalized spacial score (nSPS) is 13.2. The molecule has 5 nitrogen and oxygen atoms in total. The van der Waals surface area contributed by atoms with Crippen molar-refractivity contribution in [2.75, 3.05) is 6.54 Å². The molecule has 0 aromatic heterocycles. The Kier molecular flexibility index (Phi) is 6.61. The van der Waals surface area contributed by atoms with Gasteiger partial charge in [-0.3, -0.25) is 0 Å². The van der Waals surface area contributed by atoms with Gasteiger partial charge in [0.05, 0.1) is 0 Å². The summed E-state index contributed by atoms with van der Waals surface area (Å²) < 4.78 is 5.04. The fourth-order valence-electron chi connectivity index (χ4n) is 2.17. The molecular formula is C18H20ClNO4. The number of rotatable bonds is 6. The van der Waals surface area contributed by atoms with Gasteiger partial charge in [0.25, 0.3) is 0 Å². The molecule has 0 aliphatic heterocycles. The van der Waals surface area contributed by atoms with Gasteiger partial charge in [0.15, 0.2) is 0 Å². The Labute approximate surface area is 145 Å². The van der Waals surface area contributed by atoms with Crippen molar-refractivity contribution in [3.63, 3.8) is 0 Å². The predicted octanol–water partition coefficient (Wildman–Crippen LogP) is 2.97. The van der Waals surface area contributed by atoms with Crippen molar-refractivity contribution in [2.45, 2.75) is 25.7 Å². The molecule has 0 radical (unpaired) electrons. The second kappa shape index (κ2) is 8.68. The van der Waals surface area contributed by atoms with Crippen molar-refractivity contribution in [1.82, 2.24) is 5.32 Å².